The van der Waals surface area contributed by atoms with Crippen LogP contribution in [0.15, 0.2) is 52.1 Å². The van der Waals surface area contributed by atoms with E-state index in [0.29, 0.717) is 17.4 Å². The van der Waals surface area contributed by atoms with Crippen LogP contribution in [0.4, 0.5) is 0 Å². The van der Waals surface area contributed by atoms with Crippen LogP contribution in [0, 0.1) is 11.8 Å². The molecule has 1 aromatic carbocycles. The molecule has 1 N–H and O–H groups in total. The van der Waals surface area contributed by atoms with Crippen molar-refractivity contribution in [1.29, 1.82) is 0 Å². The second kappa shape index (κ2) is 9.05. The molecule has 2 aromatic rings. The van der Waals surface area contributed by atoms with E-state index in [4.69, 9.17) is 0 Å². The molecular weight excluding hydrogens is 408 g/mol. The number of halogens is 1. The lowest BCUT2D eigenvalue weighted by atomic mass is 9.78. The van der Waals surface area contributed by atoms with Crippen molar-refractivity contribution >= 4 is 33.6 Å². The number of amides is 1. The average Bonchev–Trinajstić information content (AvgIpc) is 2.64. The van der Waals surface area contributed by atoms with E-state index in [0.717, 1.165) is 21.7 Å². The minimum Gasteiger partial charge on any atom is -0.349 e. The smallest absolute Gasteiger partial charge is 0.254 e. The minimum absolute atomic E-state index is 0.000734. The number of rotatable bonds is 5. The summed E-state index contributed by atoms with van der Waals surface area (Å²) in [7, 11) is 0. The molecule has 1 heterocycles. The van der Waals surface area contributed by atoms with Crippen LogP contribution >= 0.6 is 27.7 Å². The first-order valence-electron chi connectivity index (χ1n) is 9.17. The van der Waals surface area contributed by atoms with Gasteiger partial charge in [0, 0.05) is 22.5 Å². The first-order valence-corrected chi connectivity index (χ1v) is 11.0. The molecule has 138 valence electrons. The Balaban J connectivity index is 1.69. The van der Waals surface area contributed by atoms with Crippen LogP contribution in [0.1, 0.15) is 49.0 Å². The average molecular weight is 433 g/mol. The van der Waals surface area contributed by atoms with Crippen LogP contribution in [-0.2, 0) is 5.75 Å². The molecule has 0 spiro atoms. The third-order valence-electron chi connectivity index (χ3n) is 5.30. The molecule has 3 rings (SSSR count). The summed E-state index contributed by atoms with van der Waals surface area (Å²) in [6, 6.07) is 12.2. The highest BCUT2D eigenvalue weighted by Gasteiger charge is 2.29. The molecule has 26 heavy (non-hydrogen) atoms. The van der Waals surface area contributed by atoms with Crippen LogP contribution in [0.2, 0.25) is 0 Å². The van der Waals surface area contributed by atoms with Crippen molar-refractivity contribution in [3.05, 3.63) is 58.2 Å². The summed E-state index contributed by atoms with van der Waals surface area (Å²) in [4.78, 5) is 17.3. The summed E-state index contributed by atoms with van der Waals surface area (Å²) in [5.74, 6) is 1.96. The number of hydrogen-bond donors (Lipinski definition) is 1. The molecule has 3 nitrogen and oxygen atoms in total. The highest BCUT2D eigenvalue weighted by atomic mass is 79.9. The summed E-state index contributed by atoms with van der Waals surface area (Å²) in [5.41, 5.74) is 1.88. The predicted octanol–water partition coefficient (Wildman–Crippen LogP) is 5.69. The Kier molecular flexibility index (Phi) is 6.76. The number of carbonyl (C=O) groups excluding carboxylic acids is 1. The molecule has 0 radical (unpaired) electrons. The van der Waals surface area contributed by atoms with Crippen molar-refractivity contribution in [1.82, 2.24) is 10.3 Å². The SMILES string of the molecule is CC1CCCC(NC(=O)c2cccnc2SCc2cccc(Br)c2)C1C. The van der Waals surface area contributed by atoms with Gasteiger partial charge in [-0.3, -0.25) is 4.79 Å². The van der Waals surface area contributed by atoms with E-state index in [1.54, 1.807) is 18.0 Å². The fourth-order valence-corrected chi connectivity index (χ4v) is 4.87. The third-order valence-corrected chi connectivity index (χ3v) is 6.87. The zero-order valence-electron chi connectivity index (χ0n) is 15.2. The molecular formula is C21H25BrN2OS. The van der Waals surface area contributed by atoms with E-state index >= 15 is 0 Å². The van der Waals surface area contributed by atoms with Gasteiger partial charge in [-0.2, -0.15) is 0 Å². The first kappa shape index (κ1) is 19.4. The topological polar surface area (TPSA) is 42.0 Å². The first-order chi connectivity index (χ1) is 12.5. The molecule has 1 aliphatic rings. The monoisotopic (exact) mass is 432 g/mol. The number of pyridine rings is 1. The van der Waals surface area contributed by atoms with Gasteiger partial charge in [-0.15, -0.1) is 11.8 Å². The lowest BCUT2D eigenvalue weighted by Crippen LogP contribution is -2.43. The number of benzene rings is 1. The Morgan fingerprint density at radius 1 is 1.27 bits per heavy atom. The van der Waals surface area contributed by atoms with Gasteiger partial charge >= 0.3 is 0 Å². The zero-order chi connectivity index (χ0) is 18.5. The van der Waals surface area contributed by atoms with Gasteiger partial charge in [-0.05, 0) is 48.1 Å². The van der Waals surface area contributed by atoms with E-state index < -0.39 is 0 Å². The van der Waals surface area contributed by atoms with Crippen molar-refractivity contribution in [3.63, 3.8) is 0 Å². The van der Waals surface area contributed by atoms with Crippen molar-refractivity contribution in [2.45, 2.75) is 49.9 Å². The van der Waals surface area contributed by atoms with Gasteiger partial charge in [0.2, 0.25) is 0 Å². The number of hydrogen-bond acceptors (Lipinski definition) is 3. The summed E-state index contributed by atoms with van der Waals surface area (Å²) < 4.78 is 1.06. The summed E-state index contributed by atoms with van der Waals surface area (Å²) >= 11 is 5.11. The van der Waals surface area contributed by atoms with E-state index in [2.05, 4.69) is 52.2 Å². The Morgan fingerprint density at radius 2 is 2.12 bits per heavy atom. The largest absolute Gasteiger partial charge is 0.349 e. The molecule has 1 fully saturated rings. The maximum Gasteiger partial charge on any atom is 0.254 e. The molecule has 1 aliphatic carbocycles. The van der Waals surface area contributed by atoms with Gasteiger partial charge < -0.3 is 5.32 Å². The second-order valence-electron chi connectivity index (χ2n) is 7.12. The fraction of sp³-hybridized carbons (Fsp3) is 0.429. The lowest BCUT2D eigenvalue weighted by molar-refractivity contribution is 0.0887. The molecule has 3 atom stereocenters. The van der Waals surface area contributed by atoms with Gasteiger partial charge in [0.15, 0.2) is 0 Å². The zero-order valence-corrected chi connectivity index (χ0v) is 17.6. The highest BCUT2D eigenvalue weighted by molar-refractivity contribution is 9.10. The number of aromatic nitrogens is 1. The Morgan fingerprint density at radius 3 is 2.92 bits per heavy atom. The lowest BCUT2D eigenvalue weighted by Gasteiger charge is -2.34. The Labute approximate surface area is 168 Å². The van der Waals surface area contributed by atoms with Crippen molar-refractivity contribution < 1.29 is 4.79 Å². The van der Waals surface area contributed by atoms with Crippen LogP contribution in [-0.4, -0.2) is 16.9 Å². The predicted molar refractivity (Wildman–Crippen MR) is 111 cm³/mol. The van der Waals surface area contributed by atoms with Gasteiger partial charge in [-0.1, -0.05) is 54.8 Å². The molecule has 0 bridgehead atoms. The van der Waals surface area contributed by atoms with Crippen molar-refractivity contribution in [2.75, 3.05) is 0 Å². The number of carbonyl (C=O) groups is 1. The number of nitrogens with zero attached hydrogens (tertiary/aromatic N) is 1. The third kappa shape index (κ3) is 4.89. The van der Waals surface area contributed by atoms with Crippen LogP contribution in [0.25, 0.3) is 0 Å². The van der Waals surface area contributed by atoms with Gasteiger partial charge in [0.25, 0.3) is 5.91 Å². The van der Waals surface area contributed by atoms with Gasteiger partial charge in [0.1, 0.15) is 5.03 Å². The van der Waals surface area contributed by atoms with E-state index in [1.807, 2.05) is 24.3 Å². The quantitative estimate of drug-likeness (QED) is 0.616. The second-order valence-corrected chi connectivity index (χ2v) is 9.00. The molecule has 3 unspecified atom stereocenters. The normalized spacial score (nSPS) is 22.8. The Bertz CT molecular complexity index is 767. The maximum atomic E-state index is 12.9. The van der Waals surface area contributed by atoms with Crippen LogP contribution in [0.3, 0.4) is 0 Å². The summed E-state index contributed by atoms with van der Waals surface area (Å²) in [5, 5.41) is 4.06. The summed E-state index contributed by atoms with van der Waals surface area (Å²) in [6.07, 6.45) is 5.27. The van der Waals surface area contributed by atoms with Crippen LogP contribution in [0.5, 0.6) is 0 Å². The van der Waals surface area contributed by atoms with Crippen molar-refractivity contribution in [3.8, 4) is 0 Å². The van der Waals surface area contributed by atoms with E-state index in [9.17, 15) is 4.79 Å². The van der Waals surface area contributed by atoms with E-state index in [1.165, 1.54) is 18.4 Å². The molecule has 1 amide bonds. The highest BCUT2D eigenvalue weighted by Crippen LogP contribution is 2.30. The van der Waals surface area contributed by atoms with Crippen molar-refractivity contribution in [2.24, 2.45) is 11.8 Å². The van der Waals surface area contributed by atoms with Crippen LogP contribution < -0.4 is 5.32 Å². The molecule has 0 aliphatic heterocycles. The maximum absolute atomic E-state index is 12.9. The summed E-state index contributed by atoms with van der Waals surface area (Å²) in [6.45, 7) is 4.53. The number of thioether (sulfide) groups is 1. The molecule has 5 heteroatoms. The molecule has 1 aromatic heterocycles. The Hall–Kier alpha value is -1.33. The van der Waals surface area contributed by atoms with E-state index in [-0.39, 0.29) is 11.9 Å². The standard InChI is InChI=1S/C21H25BrN2OS/c1-14-6-3-10-19(15(14)2)24-20(25)18-9-5-11-23-21(18)26-13-16-7-4-8-17(22)12-16/h4-5,7-9,11-12,14-15,19H,3,6,10,13H2,1-2H3,(H,24,25). The minimum atomic E-state index is 0.000734. The van der Waals surface area contributed by atoms with Gasteiger partial charge in [0.05, 0.1) is 5.56 Å². The fourth-order valence-electron chi connectivity index (χ4n) is 3.49. The number of nitrogens with one attached hydrogen (secondary N) is 1. The molecule has 0 saturated heterocycles. The molecule has 1 saturated carbocycles. The van der Waals surface area contributed by atoms with Gasteiger partial charge in [-0.25, -0.2) is 4.98 Å².